The van der Waals surface area contributed by atoms with Gasteiger partial charge in [-0.1, -0.05) is 32.5 Å². The molecule has 0 amide bonds. The van der Waals surface area contributed by atoms with Gasteiger partial charge in [-0.2, -0.15) is 0 Å². The van der Waals surface area contributed by atoms with Crippen molar-refractivity contribution in [1.29, 1.82) is 0 Å². The summed E-state index contributed by atoms with van der Waals surface area (Å²) in [5.41, 5.74) is 0. The molecule has 0 spiro atoms. The topological polar surface area (TPSA) is 42.7 Å². The minimum atomic E-state index is 0.613. The van der Waals surface area contributed by atoms with Crippen molar-refractivity contribution in [2.45, 2.75) is 56.5 Å². The van der Waals surface area contributed by atoms with Crippen molar-refractivity contribution in [1.82, 2.24) is 20.1 Å². The molecule has 5 heteroatoms. The molecule has 1 aliphatic rings. The molecule has 0 saturated heterocycles. The Balaban J connectivity index is 2.05. The molecule has 3 unspecified atom stereocenters. The first-order valence-electron chi connectivity index (χ1n) is 7.35. The molecule has 108 valence electrons. The summed E-state index contributed by atoms with van der Waals surface area (Å²) in [6, 6.07) is 0.613. The van der Waals surface area contributed by atoms with Gasteiger partial charge in [0.2, 0.25) is 0 Å². The monoisotopic (exact) mass is 282 g/mol. The largest absolute Gasteiger partial charge is 0.313 e. The summed E-state index contributed by atoms with van der Waals surface area (Å²) in [6.07, 6.45) is 5.71. The van der Waals surface area contributed by atoms with E-state index in [1.165, 1.54) is 19.3 Å². The van der Waals surface area contributed by atoms with Crippen LogP contribution in [0.4, 0.5) is 0 Å². The van der Waals surface area contributed by atoms with E-state index in [0.717, 1.165) is 23.5 Å². The number of aromatic nitrogens is 3. The number of hydrogen-bond acceptors (Lipinski definition) is 4. The number of nitrogens with one attached hydrogen (secondary N) is 1. The third kappa shape index (κ3) is 3.72. The maximum absolute atomic E-state index is 4.22. The van der Waals surface area contributed by atoms with E-state index in [9.17, 15) is 0 Å². The van der Waals surface area contributed by atoms with Gasteiger partial charge in [0.05, 0.1) is 0 Å². The number of aryl methyl sites for hydroxylation is 1. The van der Waals surface area contributed by atoms with Gasteiger partial charge in [-0.3, -0.25) is 0 Å². The van der Waals surface area contributed by atoms with Crippen LogP contribution in [0.2, 0.25) is 0 Å². The lowest BCUT2D eigenvalue weighted by molar-refractivity contribution is 0.247. The van der Waals surface area contributed by atoms with Crippen LogP contribution in [-0.4, -0.2) is 32.6 Å². The van der Waals surface area contributed by atoms with Crippen molar-refractivity contribution in [2.24, 2.45) is 18.9 Å². The maximum Gasteiger partial charge on any atom is 0.191 e. The molecule has 4 nitrogen and oxygen atoms in total. The quantitative estimate of drug-likeness (QED) is 0.902. The van der Waals surface area contributed by atoms with Crippen molar-refractivity contribution in [3.63, 3.8) is 0 Å². The lowest BCUT2D eigenvalue weighted by Gasteiger charge is -2.37. The lowest BCUT2D eigenvalue weighted by atomic mass is 9.79. The van der Waals surface area contributed by atoms with Crippen LogP contribution in [0.5, 0.6) is 0 Å². The fraction of sp³-hybridized carbons (Fsp3) is 0.857. The van der Waals surface area contributed by atoms with Crippen molar-refractivity contribution < 1.29 is 0 Å². The molecule has 1 N–H and O–H groups in total. The number of thioether (sulfide) groups is 1. The Labute approximate surface area is 120 Å². The predicted octanol–water partition coefficient (Wildman–Crippen LogP) is 2.71. The normalized spacial score (nSPS) is 27.9. The summed E-state index contributed by atoms with van der Waals surface area (Å²) in [6.45, 7) is 7.94. The summed E-state index contributed by atoms with van der Waals surface area (Å²) in [5.74, 6) is 1.63. The van der Waals surface area contributed by atoms with Gasteiger partial charge in [-0.05, 0) is 37.6 Å². The fourth-order valence-electron chi connectivity index (χ4n) is 2.91. The SMILES string of the molecule is CCNC1CCC(C(C)C)CC1Sc1nncn1C. The van der Waals surface area contributed by atoms with Crippen LogP contribution >= 0.6 is 11.8 Å². The Morgan fingerprint density at radius 3 is 2.84 bits per heavy atom. The average molecular weight is 282 g/mol. The van der Waals surface area contributed by atoms with Crippen LogP contribution in [0.3, 0.4) is 0 Å². The standard InChI is InChI=1S/C14H26N4S/c1-5-15-12-7-6-11(10(2)3)8-13(12)19-14-17-16-9-18(14)4/h9-13,15H,5-8H2,1-4H3. The van der Waals surface area contributed by atoms with Gasteiger partial charge in [-0.15, -0.1) is 10.2 Å². The van der Waals surface area contributed by atoms with E-state index in [1.54, 1.807) is 6.33 Å². The number of nitrogens with zero attached hydrogens (tertiary/aromatic N) is 3. The van der Waals surface area contributed by atoms with Gasteiger partial charge in [0, 0.05) is 18.3 Å². The van der Waals surface area contributed by atoms with Crippen LogP contribution in [0.1, 0.15) is 40.0 Å². The maximum atomic E-state index is 4.22. The molecular weight excluding hydrogens is 256 g/mol. The Morgan fingerprint density at radius 1 is 1.47 bits per heavy atom. The molecule has 1 heterocycles. The van der Waals surface area contributed by atoms with Crippen molar-refractivity contribution in [3.8, 4) is 0 Å². The molecular formula is C14H26N4S. The fourth-order valence-corrected chi connectivity index (χ4v) is 4.22. The Morgan fingerprint density at radius 2 is 2.26 bits per heavy atom. The van der Waals surface area contributed by atoms with E-state index in [2.05, 4.69) is 36.3 Å². The third-order valence-electron chi connectivity index (χ3n) is 4.17. The summed E-state index contributed by atoms with van der Waals surface area (Å²) >= 11 is 1.89. The summed E-state index contributed by atoms with van der Waals surface area (Å²) in [5, 5.41) is 13.5. The molecule has 0 radical (unpaired) electrons. The van der Waals surface area contributed by atoms with Crippen LogP contribution in [0.25, 0.3) is 0 Å². The van der Waals surface area contributed by atoms with Crippen LogP contribution in [0.15, 0.2) is 11.5 Å². The molecule has 19 heavy (non-hydrogen) atoms. The second-order valence-corrected chi connectivity index (χ2v) is 7.07. The number of rotatable bonds is 5. The predicted molar refractivity (Wildman–Crippen MR) is 80.3 cm³/mol. The van der Waals surface area contributed by atoms with Crippen molar-refractivity contribution in [2.75, 3.05) is 6.54 Å². The number of hydrogen-bond donors (Lipinski definition) is 1. The smallest absolute Gasteiger partial charge is 0.191 e. The highest BCUT2D eigenvalue weighted by atomic mass is 32.2. The first-order valence-corrected chi connectivity index (χ1v) is 8.23. The Bertz CT molecular complexity index is 391. The first kappa shape index (κ1) is 14.9. The molecule has 2 rings (SSSR count). The molecule has 0 aromatic carbocycles. The van der Waals surface area contributed by atoms with E-state index in [4.69, 9.17) is 0 Å². The molecule has 1 aliphatic carbocycles. The van der Waals surface area contributed by atoms with E-state index >= 15 is 0 Å². The second-order valence-electron chi connectivity index (χ2n) is 5.86. The molecule has 1 aromatic heterocycles. The van der Waals surface area contributed by atoms with E-state index in [0.29, 0.717) is 11.3 Å². The zero-order valence-electron chi connectivity index (χ0n) is 12.5. The van der Waals surface area contributed by atoms with E-state index in [-0.39, 0.29) is 0 Å². The first-order chi connectivity index (χ1) is 9.11. The highest BCUT2D eigenvalue weighted by molar-refractivity contribution is 7.99. The van der Waals surface area contributed by atoms with Gasteiger partial charge in [-0.25, -0.2) is 0 Å². The summed E-state index contributed by atoms with van der Waals surface area (Å²) in [4.78, 5) is 0. The minimum absolute atomic E-state index is 0.613. The third-order valence-corrected chi connectivity index (χ3v) is 5.57. The van der Waals surface area contributed by atoms with E-state index < -0.39 is 0 Å². The van der Waals surface area contributed by atoms with Crippen molar-refractivity contribution in [3.05, 3.63) is 6.33 Å². The average Bonchev–Trinajstić information content (AvgIpc) is 2.77. The second kappa shape index (κ2) is 6.75. The molecule has 0 bridgehead atoms. The Kier molecular flexibility index (Phi) is 5.28. The van der Waals surface area contributed by atoms with Crippen LogP contribution in [-0.2, 0) is 7.05 Å². The highest BCUT2D eigenvalue weighted by Gasteiger charge is 2.32. The minimum Gasteiger partial charge on any atom is -0.313 e. The zero-order valence-corrected chi connectivity index (χ0v) is 13.3. The van der Waals surface area contributed by atoms with Crippen LogP contribution < -0.4 is 5.32 Å². The van der Waals surface area contributed by atoms with Crippen LogP contribution in [0, 0.1) is 11.8 Å². The van der Waals surface area contributed by atoms with E-state index in [1.807, 2.05) is 23.4 Å². The molecule has 1 saturated carbocycles. The highest BCUT2D eigenvalue weighted by Crippen LogP contribution is 2.38. The van der Waals surface area contributed by atoms with Crippen molar-refractivity contribution >= 4 is 11.8 Å². The molecule has 3 atom stereocenters. The molecule has 1 fully saturated rings. The lowest BCUT2D eigenvalue weighted by Crippen LogP contribution is -2.43. The summed E-state index contributed by atoms with van der Waals surface area (Å²) < 4.78 is 2.02. The molecule has 0 aliphatic heterocycles. The Hall–Kier alpha value is -0.550. The van der Waals surface area contributed by atoms with Gasteiger partial charge in [0.1, 0.15) is 6.33 Å². The van der Waals surface area contributed by atoms with Gasteiger partial charge < -0.3 is 9.88 Å². The zero-order chi connectivity index (χ0) is 13.8. The van der Waals surface area contributed by atoms with Gasteiger partial charge in [0.15, 0.2) is 5.16 Å². The van der Waals surface area contributed by atoms with Gasteiger partial charge in [0.25, 0.3) is 0 Å². The van der Waals surface area contributed by atoms with Gasteiger partial charge >= 0.3 is 0 Å². The summed E-state index contributed by atoms with van der Waals surface area (Å²) in [7, 11) is 2.02. The molecule has 1 aromatic rings.